The Morgan fingerprint density at radius 3 is 2.67 bits per heavy atom. The number of nitrogens with two attached hydrogens (primary N) is 1. The fourth-order valence-electron chi connectivity index (χ4n) is 3.11. The van der Waals surface area contributed by atoms with Crippen LogP contribution in [0.5, 0.6) is 0 Å². The third kappa shape index (κ3) is 5.65. The lowest BCUT2D eigenvalue weighted by atomic mass is 10.2. The maximum absolute atomic E-state index is 13.3. The van der Waals surface area contributed by atoms with Gasteiger partial charge in [0.1, 0.15) is 0 Å². The third-order valence-electron chi connectivity index (χ3n) is 4.62. The van der Waals surface area contributed by atoms with Crippen molar-refractivity contribution in [2.45, 2.75) is 4.90 Å². The summed E-state index contributed by atoms with van der Waals surface area (Å²) < 4.78 is 28.0. The summed E-state index contributed by atoms with van der Waals surface area (Å²) in [5.74, 6) is 0. The van der Waals surface area contributed by atoms with Crippen LogP contribution in [0.25, 0.3) is 16.8 Å². The number of pyridine rings is 1. The Morgan fingerprint density at radius 1 is 1.10 bits per heavy atom. The summed E-state index contributed by atoms with van der Waals surface area (Å²) in [7, 11) is -3.67. The van der Waals surface area contributed by atoms with E-state index in [0.29, 0.717) is 30.0 Å². The van der Waals surface area contributed by atoms with Gasteiger partial charge in [0, 0.05) is 60.9 Å². The molecule has 0 bridgehead atoms. The van der Waals surface area contributed by atoms with Crippen LogP contribution in [0.1, 0.15) is 5.56 Å². The van der Waals surface area contributed by atoms with Gasteiger partial charge in [-0.25, -0.2) is 8.42 Å². The van der Waals surface area contributed by atoms with Gasteiger partial charge < -0.3 is 11.1 Å². The van der Waals surface area contributed by atoms with Crippen molar-refractivity contribution in [3.63, 3.8) is 0 Å². The van der Waals surface area contributed by atoms with E-state index >= 15 is 0 Å². The molecule has 2 aromatic carbocycles. The number of sulfonamides is 1. The number of fused-ring (bicyclic) bond motifs is 1. The van der Waals surface area contributed by atoms with E-state index in [1.165, 1.54) is 4.31 Å². The van der Waals surface area contributed by atoms with Crippen LogP contribution in [0.3, 0.4) is 0 Å². The molecule has 0 saturated heterocycles. The van der Waals surface area contributed by atoms with E-state index in [0.717, 1.165) is 10.9 Å². The monoisotopic (exact) mass is 444 g/mol. The number of nitrogens with one attached hydrogen (secondary N) is 1. The van der Waals surface area contributed by atoms with Gasteiger partial charge in [-0.15, -0.1) is 0 Å². The highest BCUT2D eigenvalue weighted by molar-refractivity contribution is 7.89. The number of rotatable bonds is 10. The summed E-state index contributed by atoms with van der Waals surface area (Å²) >= 11 is 5.88. The molecular weight excluding hydrogens is 420 g/mol. The molecule has 0 aliphatic heterocycles. The minimum absolute atomic E-state index is 0.252. The molecule has 8 heteroatoms. The summed E-state index contributed by atoms with van der Waals surface area (Å²) in [6.45, 7) is 1.97. The fraction of sp³-hybridized carbons (Fsp3) is 0.227. The zero-order valence-electron chi connectivity index (χ0n) is 16.5. The Morgan fingerprint density at radius 2 is 1.90 bits per heavy atom. The number of aromatic nitrogens is 1. The van der Waals surface area contributed by atoms with E-state index in [2.05, 4.69) is 10.3 Å². The highest BCUT2D eigenvalue weighted by Gasteiger charge is 2.25. The standard InChI is InChI=1S/C22H25ClN4O2S/c23-20-8-6-18(7-9-20)3-2-12-25-14-16-27(15-11-24)30(28,29)22-5-1-4-19-17-26-13-10-21(19)22/h1-10,13,17,25H,11-12,14-16,24H2/b3-2+. The van der Waals surface area contributed by atoms with Gasteiger partial charge in [0.05, 0.1) is 4.90 Å². The summed E-state index contributed by atoms with van der Waals surface area (Å²) in [4.78, 5) is 4.35. The molecule has 3 rings (SSSR count). The molecule has 0 saturated carbocycles. The van der Waals surface area contributed by atoms with Crippen LogP contribution in [0.4, 0.5) is 0 Å². The van der Waals surface area contributed by atoms with E-state index < -0.39 is 10.0 Å². The number of nitrogens with zero attached hydrogens (tertiary/aromatic N) is 2. The summed E-state index contributed by atoms with van der Waals surface area (Å²) in [6.07, 6.45) is 7.24. The maximum atomic E-state index is 13.3. The normalized spacial score (nSPS) is 12.2. The number of hydrogen-bond acceptors (Lipinski definition) is 5. The maximum Gasteiger partial charge on any atom is 0.243 e. The first kappa shape index (κ1) is 22.4. The Bertz CT molecular complexity index is 1100. The van der Waals surface area contributed by atoms with Gasteiger partial charge in [-0.05, 0) is 29.8 Å². The molecule has 0 spiro atoms. The van der Waals surface area contributed by atoms with Gasteiger partial charge in [-0.2, -0.15) is 4.31 Å². The zero-order chi connectivity index (χ0) is 21.4. The summed E-state index contributed by atoms with van der Waals surface area (Å²) in [5.41, 5.74) is 6.74. The quantitative estimate of drug-likeness (QED) is 0.469. The van der Waals surface area contributed by atoms with Crippen molar-refractivity contribution in [1.29, 1.82) is 0 Å². The minimum Gasteiger partial charge on any atom is -0.329 e. The van der Waals surface area contributed by atoms with Crippen molar-refractivity contribution in [3.05, 3.63) is 77.6 Å². The lowest BCUT2D eigenvalue weighted by Crippen LogP contribution is -2.40. The minimum atomic E-state index is -3.67. The number of hydrogen-bond donors (Lipinski definition) is 2. The second kappa shape index (κ2) is 10.7. The predicted molar refractivity (Wildman–Crippen MR) is 123 cm³/mol. The zero-order valence-corrected chi connectivity index (χ0v) is 18.1. The van der Waals surface area contributed by atoms with E-state index in [9.17, 15) is 8.42 Å². The van der Waals surface area contributed by atoms with Crippen molar-refractivity contribution >= 4 is 38.5 Å². The molecule has 3 aromatic rings. The van der Waals surface area contributed by atoms with Crippen molar-refractivity contribution in [1.82, 2.24) is 14.6 Å². The van der Waals surface area contributed by atoms with Crippen LogP contribution in [0.2, 0.25) is 5.02 Å². The van der Waals surface area contributed by atoms with Crippen LogP contribution in [0, 0.1) is 0 Å². The largest absolute Gasteiger partial charge is 0.329 e. The summed E-state index contributed by atoms with van der Waals surface area (Å²) in [5, 5.41) is 5.40. The molecule has 30 heavy (non-hydrogen) atoms. The van der Waals surface area contributed by atoms with Gasteiger partial charge in [-0.3, -0.25) is 4.98 Å². The molecule has 0 atom stereocenters. The molecule has 158 valence electrons. The topological polar surface area (TPSA) is 88.3 Å². The molecule has 0 radical (unpaired) electrons. The van der Waals surface area contributed by atoms with Crippen LogP contribution in [-0.2, 0) is 10.0 Å². The Labute approximate surface area is 182 Å². The van der Waals surface area contributed by atoms with Gasteiger partial charge in [0.2, 0.25) is 10.0 Å². The Hall–Kier alpha value is -2.29. The Kier molecular flexibility index (Phi) is 7.95. The number of benzene rings is 2. The lowest BCUT2D eigenvalue weighted by Gasteiger charge is -2.22. The SMILES string of the molecule is NCCN(CCNC/C=C/c1ccc(Cl)cc1)S(=O)(=O)c1cccc2cnccc12. The fourth-order valence-corrected chi connectivity index (χ4v) is 4.91. The van der Waals surface area contributed by atoms with Crippen molar-refractivity contribution in [3.8, 4) is 0 Å². The first-order valence-corrected chi connectivity index (χ1v) is 11.5. The van der Waals surface area contributed by atoms with Gasteiger partial charge >= 0.3 is 0 Å². The Balaban J connectivity index is 1.62. The number of halogens is 1. The molecule has 0 unspecified atom stereocenters. The lowest BCUT2D eigenvalue weighted by molar-refractivity contribution is 0.415. The first-order chi connectivity index (χ1) is 14.5. The van der Waals surface area contributed by atoms with Crippen molar-refractivity contribution in [2.75, 3.05) is 32.7 Å². The van der Waals surface area contributed by atoms with E-state index in [-0.39, 0.29) is 18.0 Å². The second-order valence-electron chi connectivity index (χ2n) is 6.70. The first-order valence-electron chi connectivity index (χ1n) is 9.68. The van der Waals surface area contributed by atoms with Crippen molar-refractivity contribution < 1.29 is 8.42 Å². The van der Waals surface area contributed by atoms with E-state index in [4.69, 9.17) is 17.3 Å². The molecule has 0 aliphatic rings. The second-order valence-corrected chi connectivity index (χ2v) is 9.05. The van der Waals surface area contributed by atoms with Gasteiger partial charge in [0.15, 0.2) is 0 Å². The van der Waals surface area contributed by atoms with Crippen LogP contribution in [0.15, 0.2) is 71.9 Å². The molecule has 1 heterocycles. The summed E-state index contributed by atoms with van der Waals surface area (Å²) in [6, 6.07) is 14.5. The molecule has 0 aliphatic carbocycles. The van der Waals surface area contributed by atoms with E-state index in [1.54, 1.807) is 30.6 Å². The highest BCUT2D eigenvalue weighted by Crippen LogP contribution is 2.24. The van der Waals surface area contributed by atoms with Crippen molar-refractivity contribution in [2.24, 2.45) is 5.73 Å². The van der Waals surface area contributed by atoms with Gasteiger partial charge in [0.25, 0.3) is 0 Å². The molecular formula is C22H25ClN4O2S. The van der Waals surface area contributed by atoms with Crippen LogP contribution < -0.4 is 11.1 Å². The third-order valence-corrected chi connectivity index (χ3v) is 6.83. The molecule has 0 fully saturated rings. The highest BCUT2D eigenvalue weighted by atomic mass is 35.5. The van der Waals surface area contributed by atoms with E-state index in [1.807, 2.05) is 42.5 Å². The molecule has 6 nitrogen and oxygen atoms in total. The molecule has 0 amide bonds. The van der Waals surface area contributed by atoms with Crippen LogP contribution in [-0.4, -0.2) is 50.4 Å². The molecule has 3 N–H and O–H groups in total. The average molecular weight is 445 g/mol. The van der Waals surface area contributed by atoms with Gasteiger partial charge in [-0.1, -0.05) is 48.0 Å². The van der Waals surface area contributed by atoms with Crippen LogP contribution >= 0.6 is 11.6 Å². The predicted octanol–water partition coefficient (Wildman–Crippen LogP) is 3.14. The average Bonchev–Trinajstić information content (AvgIpc) is 2.76. The molecule has 1 aromatic heterocycles. The smallest absolute Gasteiger partial charge is 0.243 e.